The first kappa shape index (κ1) is 19.8. The van der Waals surface area contributed by atoms with Gasteiger partial charge in [-0.15, -0.1) is 0 Å². The molecule has 1 heterocycles. The molecule has 0 spiro atoms. The summed E-state index contributed by atoms with van der Waals surface area (Å²) in [5.41, 5.74) is 8.00. The van der Waals surface area contributed by atoms with Crippen LogP contribution in [-0.4, -0.2) is 17.3 Å². The number of aliphatic imine (C=N–C) groups is 1. The third-order valence-corrected chi connectivity index (χ3v) is 8.11. The molecule has 0 N–H and O–H groups in total. The Bertz CT molecular complexity index is 1540. The second kappa shape index (κ2) is 7.70. The molecule has 1 aromatic heterocycles. The van der Waals surface area contributed by atoms with Crippen LogP contribution in [0.4, 0.5) is 0 Å². The average molecular weight is 441 g/mol. The summed E-state index contributed by atoms with van der Waals surface area (Å²) in [6, 6.07) is 35.1. The summed E-state index contributed by atoms with van der Waals surface area (Å²) in [5.74, 6) is 2.97. The summed E-state index contributed by atoms with van der Waals surface area (Å²) in [4.78, 5) is 4.96. The molecular weight excluding hydrogens is 412 g/mol. The van der Waals surface area contributed by atoms with E-state index >= 15 is 0 Å². The number of hydrogen-bond donors (Lipinski definition) is 0. The highest BCUT2D eigenvalue weighted by Gasteiger charge is 2.55. The van der Waals surface area contributed by atoms with Gasteiger partial charge in [0.2, 0.25) is 0 Å². The van der Waals surface area contributed by atoms with Crippen molar-refractivity contribution in [2.24, 2.45) is 22.7 Å². The summed E-state index contributed by atoms with van der Waals surface area (Å²) < 4.78 is 2.36. The quantitative estimate of drug-likeness (QED) is 0.259. The van der Waals surface area contributed by atoms with Crippen LogP contribution >= 0.6 is 0 Å². The van der Waals surface area contributed by atoms with Crippen molar-refractivity contribution in [1.82, 2.24) is 4.57 Å². The summed E-state index contributed by atoms with van der Waals surface area (Å²) in [6.07, 6.45) is 3.31. The molecule has 0 radical (unpaired) electrons. The van der Waals surface area contributed by atoms with Crippen molar-refractivity contribution in [1.29, 1.82) is 0 Å². The van der Waals surface area contributed by atoms with Gasteiger partial charge in [-0.25, -0.2) is 0 Å². The molecule has 166 valence electrons. The molecular formula is C32H28N2. The van der Waals surface area contributed by atoms with E-state index in [4.69, 9.17) is 4.99 Å². The monoisotopic (exact) mass is 440 g/mol. The lowest BCUT2D eigenvalue weighted by molar-refractivity contribution is 0.456. The second-order valence-electron chi connectivity index (χ2n) is 10.1. The maximum Gasteiger partial charge on any atom is 0.0541 e. The maximum absolute atomic E-state index is 4.96. The van der Waals surface area contributed by atoms with Crippen molar-refractivity contribution < 1.29 is 0 Å². The van der Waals surface area contributed by atoms with Gasteiger partial charge in [0.15, 0.2) is 0 Å². The Labute approximate surface area is 200 Å². The maximum atomic E-state index is 4.96. The molecule has 2 aliphatic rings. The number of fused-ring (bicyclic) bond motifs is 6. The van der Waals surface area contributed by atoms with E-state index in [-0.39, 0.29) is 0 Å². The van der Waals surface area contributed by atoms with Gasteiger partial charge in [0.25, 0.3) is 0 Å². The Hall–Kier alpha value is -3.65. The topological polar surface area (TPSA) is 17.3 Å². The van der Waals surface area contributed by atoms with Crippen molar-refractivity contribution in [3.05, 3.63) is 114 Å². The third kappa shape index (κ3) is 3.05. The van der Waals surface area contributed by atoms with Crippen molar-refractivity contribution in [2.75, 3.05) is 6.54 Å². The highest BCUT2D eigenvalue weighted by Crippen LogP contribution is 2.61. The van der Waals surface area contributed by atoms with E-state index in [0.29, 0.717) is 11.8 Å². The number of para-hydroxylation sites is 2. The molecule has 1 saturated carbocycles. The Balaban J connectivity index is 1.20. The first-order chi connectivity index (χ1) is 16.8. The standard InChI is InChI=1S/C32H28N2/c1-21-17-23-9-5-6-12-25(23)32-28(31(21)32)20-33-19-22-15-16-30-27(18-22)26-13-7-8-14-29(26)34(30)24-10-3-2-4-11-24/h2-16,18-19,21,28,31-32H,17,20H2,1H3. The molecule has 7 rings (SSSR count). The van der Waals surface area contributed by atoms with E-state index in [1.54, 1.807) is 11.1 Å². The van der Waals surface area contributed by atoms with Crippen molar-refractivity contribution in [3.63, 3.8) is 0 Å². The van der Waals surface area contributed by atoms with Gasteiger partial charge in [0, 0.05) is 29.2 Å². The van der Waals surface area contributed by atoms with Crippen LogP contribution in [0.2, 0.25) is 0 Å². The van der Waals surface area contributed by atoms with Gasteiger partial charge in [-0.2, -0.15) is 0 Å². The number of nitrogens with zero attached hydrogens (tertiary/aromatic N) is 2. The van der Waals surface area contributed by atoms with Crippen LogP contribution in [0.5, 0.6) is 0 Å². The molecule has 4 unspecified atom stereocenters. The van der Waals surface area contributed by atoms with Gasteiger partial charge in [-0.3, -0.25) is 4.99 Å². The molecule has 0 amide bonds. The van der Waals surface area contributed by atoms with E-state index < -0.39 is 0 Å². The van der Waals surface area contributed by atoms with Crippen LogP contribution in [0.25, 0.3) is 27.5 Å². The van der Waals surface area contributed by atoms with Gasteiger partial charge >= 0.3 is 0 Å². The molecule has 0 bridgehead atoms. The van der Waals surface area contributed by atoms with E-state index in [0.717, 1.165) is 18.4 Å². The highest BCUT2D eigenvalue weighted by atomic mass is 15.0. The minimum Gasteiger partial charge on any atom is -0.309 e. The van der Waals surface area contributed by atoms with Crippen LogP contribution < -0.4 is 0 Å². The minimum atomic E-state index is 0.693. The summed E-state index contributed by atoms with van der Waals surface area (Å²) in [5, 5.41) is 2.57. The summed E-state index contributed by atoms with van der Waals surface area (Å²) >= 11 is 0. The molecule has 5 aromatic rings. The lowest BCUT2D eigenvalue weighted by Gasteiger charge is -2.20. The summed E-state index contributed by atoms with van der Waals surface area (Å²) in [6.45, 7) is 3.35. The van der Waals surface area contributed by atoms with E-state index in [1.165, 1.54) is 39.5 Å². The lowest BCUT2D eigenvalue weighted by Crippen LogP contribution is -2.11. The Morgan fingerprint density at radius 3 is 2.50 bits per heavy atom. The summed E-state index contributed by atoms with van der Waals surface area (Å²) in [7, 11) is 0. The fourth-order valence-corrected chi connectivity index (χ4v) is 6.58. The lowest BCUT2D eigenvalue weighted by atomic mass is 9.85. The molecule has 34 heavy (non-hydrogen) atoms. The van der Waals surface area contributed by atoms with E-state index in [1.807, 2.05) is 0 Å². The van der Waals surface area contributed by atoms with Gasteiger partial charge in [0.05, 0.1) is 11.0 Å². The predicted octanol–water partition coefficient (Wildman–Crippen LogP) is 7.42. The second-order valence-corrected chi connectivity index (χ2v) is 10.1. The zero-order chi connectivity index (χ0) is 22.6. The number of rotatable bonds is 4. The molecule has 2 heteroatoms. The van der Waals surface area contributed by atoms with Crippen LogP contribution in [0.3, 0.4) is 0 Å². The number of benzene rings is 4. The third-order valence-electron chi connectivity index (χ3n) is 8.11. The highest BCUT2D eigenvalue weighted by molar-refractivity contribution is 6.10. The van der Waals surface area contributed by atoms with Gasteiger partial charge in [-0.1, -0.05) is 73.7 Å². The van der Waals surface area contributed by atoms with Gasteiger partial charge in [0.1, 0.15) is 0 Å². The van der Waals surface area contributed by atoms with Crippen LogP contribution in [0, 0.1) is 17.8 Å². The smallest absolute Gasteiger partial charge is 0.0541 e. The Morgan fingerprint density at radius 2 is 1.59 bits per heavy atom. The molecule has 4 aromatic carbocycles. The minimum absolute atomic E-state index is 0.693. The fourth-order valence-electron chi connectivity index (χ4n) is 6.58. The molecule has 0 aliphatic heterocycles. The predicted molar refractivity (Wildman–Crippen MR) is 142 cm³/mol. The van der Waals surface area contributed by atoms with Crippen molar-refractivity contribution >= 4 is 28.0 Å². The SMILES string of the molecule is CC1Cc2ccccc2C2C(CN=Cc3ccc4c(c3)c3ccccc3n4-c3ccccc3)C12. The largest absolute Gasteiger partial charge is 0.309 e. The Kier molecular flexibility index (Phi) is 4.48. The first-order valence-electron chi connectivity index (χ1n) is 12.5. The van der Waals surface area contributed by atoms with Crippen LogP contribution in [0.15, 0.2) is 102 Å². The first-order valence-corrected chi connectivity index (χ1v) is 12.5. The van der Waals surface area contributed by atoms with E-state index in [9.17, 15) is 0 Å². The molecule has 2 nitrogen and oxygen atoms in total. The van der Waals surface area contributed by atoms with Crippen molar-refractivity contribution in [3.8, 4) is 5.69 Å². The molecule has 2 aliphatic carbocycles. The molecule has 1 fully saturated rings. The number of aromatic nitrogens is 1. The molecule has 4 atom stereocenters. The van der Waals surface area contributed by atoms with Gasteiger partial charge < -0.3 is 4.57 Å². The van der Waals surface area contributed by atoms with E-state index in [2.05, 4.69) is 115 Å². The molecule has 0 saturated heterocycles. The Morgan fingerprint density at radius 1 is 0.824 bits per heavy atom. The normalized spacial score (nSPS) is 23.3. The van der Waals surface area contributed by atoms with Gasteiger partial charge in [-0.05, 0) is 77.1 Å². The fraction of sp³-hybridized carbons (Fsp3) is 0.219. The average Bonchev–Trinajstić information content (AvgIpc) is 3.52. The zero-order valence-corrected chi connectivity index (χ0v) is 19.4. The number of hydrogen-bond acceptors (Lipinski definition) is 1. The zero-order valence-electron chi connectivity index (χ0n) is 19.4. The van der Waals surface area contributed by atoms with Crippen LogP contribution in [0.1, 0.15) is 29.5 Å². The van der Waals surface area contributed by atoms with Crippen LogP contribution in [-0.2, 0) is 6.42 Å². The van der Waals surface area contributed by atoms with Crippen molar-refractivity contribution in [2.45, 2.75) is 19.3 Å².